The standard InChI is InChI=1S/C15H16N6O2.C11H11N5O3.C10H10N6O2.C7H7BrN2O3.C7H8N2O3.C6H10O.C4H5N3/c22-13-12-17-8-10(19-11-4-7-16-9-18-11)14(23)21(12)15(20-13)5-2-1-3-6-15;1-6-8(11(18)19-2)16-10(17)9(14-6)15-7-3-4-12-5-13-7;1-5-7(8(11)17)16-10(18)9(14-5)15-6-2-3-12-4-13-6;1-3-4(7(12)13-2)10-6(11)5(8)9-3;1-4-6(7(11)12-2)9-5(10)3-8-4;7-6-4-2-1-3-5-6;5-4-1-2-6-3-7-4/h4,7-9H,1-3,5-6H2,(H,20,22)(H,16,18,19);3-5H,1-2H3,(H,16,17)(H,12,13,14,15);2-4H,1H3,(H2,11,17)(H,16,18)(H,12,13,14,15);1-2H3,(H,10,11);3H,1-2H3,(H,9,10);1-5H2;1-3H,(H2,5,6,7). The normalized spacial score (nSPS) is 12.7. The lowest BCUT2D eigenvalue weighted by atomic mass is 9.89. The molecule has 12 rings (SSSR count). The van der Waals surface area contributed by atoms with Gasteiger partial charge in [0.05, 0.1) is 56.5 Å². The Balaban J connectivity index is 0.000000188. The van der Waals surface area contributed by atoms with Crippen LogP contribution in [0.2, 0.25) is 0 Å². The Morgan fingerprint density at radius 1 is 0.525 bits per heavy atom. The number of ketones is 1. The van der Waals surface area contributed by atoms with Crippen LogP contribution in [0.1, 0.15) is 140 Å². The third-order valence-electron chi connectivity index (χ3n) is 13.8. The first-order chi connectivity index (χ1) is 47.4. The minimum atomic E-state index is -0.731. The summed E-state index contributed by atoms with van der Waals surface area (Å²) in [5.74, 6) is -0.237. The van der Waals surface area contributed by atoms with Gasteiger partial charge in [-0.3, -0.25) is 47.9 Å². The predicted molar refractivity (Wildman–Crippen MR) is 356 cm³/mol. The van der Waals surface area contributed by atoms with Gasteiger partial charge in [-0.05, 0) is 106 Å². The third kappa shape index (κ3) is 22.0. The molecule has 0 bridgehead atoms. The van der Waals surface area contributed by atoms with Crippen molar-refractivity contribution in [1.82, 2.24) is 94.6 Å². The maximum atomic E-state index is 12.9. The molecule has 0 atom stereocenters. The Morgan fingerprint density at radius 2 is 0.970 bits per heavy atom. The Labute approximate surface area is 568 Å². The van der Waals surface area contributed by atoms with Crippen molar-refractivity contribution >= 4 is 92.0 Å². The van der Waals surface area contributed by atoms with Crippen molar-refractivity contribution in [2.45, 2.75) is 97.6 Å². The summed E-state index contributed by atoms with van der Waals surface area (Å²) in [6.07, 6.45) is 24.0. The zero-order chi connectivity index (χ0) is 72.2. The molecule has 2 saturated carbocycles. The topological polar surface area (TPSA) is 551 Å². The fourth-order valence-corrected chi connectivity index (χ4v) is 9.36. The lowest BCUT2D eigenvalue weighted by Crippen LogP contribution is -2.48. The lowest BCUT2D eigenvalue weighted by molar-refractivity contribution is -0.120. The van der Waals surface area contributed by atoms with Crippen LogP contribution >= 0.6 is 15.9 Å². The second-order valence-corrected chi connectivity index (χ2v) is 21.4. The van der Waals surface area contributed by atoms with Gasteiger partial charge in [0.2, 0.25) is 5.82 Å². The Hall–Kier alpha value is -12.6. The summed E-state index contributed by atoms with van der Waals surface area (Å²) in [7, 11) is 3.71. The zero-order valence-electron chi connectivity index (χ0n) is 54.2. The number of ether oxygens (including phenoxy) is 3. The molecule has 0 radical (unpaired) electrons. The van der Waals surface area contributed by atoms with Crippen LogP contribution in [0.4, 0.5) is 40.6 Å². The van der Waals surface area contributed by atoms with Crippen molar-refractivity contribution in [3.63, 3.8) is 0 Å². The minimum Gasteiger partial charge on any atom is -0.464 e. The van der Waals surface area contributed by atoms with Crippen molar-refractivity contribution in [3.8, 4) is 0 Å². The number of nitrogen functional groups attached to an aromatic ring is 1. The third-order valence-corrected chi connectivity index (χ3v) is 14.3. The molecule has 2 aliphatic carbocycles. The number of carbonyl (C=O) groups excluding carboxylic acids is 6. The summed E-state index contributed by atoms with van der Waals surface area (Å²) < 4.78 is 15.1. The summed E-state index contributed by atoms with van der Waals surface area (Å²) in [5, 5.41) is 11.4. The molecule has 0 aromatic carbocycles. The molecule has 9 aromatic heterocycles. The Bertz CT molecular complexity index is 4590. The van der Waals surface area contributed by atoms with E-state index in [2.05, 4.69) is 136 Å². The van der Waals surface area contributed by atoms with Gasteiger partial charge in [0.15, 0.2) is 16.2 Å². The number of methoxy groups -OCH3 is 3. The van der Waals surface area contributed by atoms with E-state index in [9.17, 15) is 52.7 Å². The molecular formula is C60H67BrN24O14. The highest BCUT2D eigenvalue weighted by Gasteiger charge is 2.45. The van der Waals surface area contributed by atoms with Gasteiger partial charge in [-0.2, -0.15) is 0 Å². The fraction of sp³-hybridized carbons (Fsp3) is 0.300. The van der Waals surface area contributed by atoms with Crippen molar-refractivity contribution < 1.29 is 43.0 Å². The number of aromatic amines is 4. The van der Waals surface area contributed by atoms with Crippen LogP contribution in [0.25, 0.3) is 0 Å². The van der Waals surface area contributed by atoms with E-state index in [1.807, 2.05) is 0 Å². The average Bonchev–Trinajstić information content (AvgIpc) is 1.60. The van der Waals surface area contributed by atoms with Crippen LogP contribution < -0.4 is 60.5 Å². The maximum Gasteiger partial charge on any atom is 0.356 e. The average molecular weight is 1430 g/mol. The summed E-state index contributed by atoms with van der Waals surface area (Å²) >= 11 is 2.94. The molecule has 3 aliphatic rings. The lowest BCUT2D eigenvalue weighted by Gasteiger charge is -2.34. The van der Waals surface area contributed by atoms with E-state index in [0.29, 0.717) is 57.5 Å². The molecule has 518 valence electrons. The molecule has 2 fully saturated rings. The highest BCUT2D eigenvalue weighted by molar-refractivity contribution is 9.10. The quantitative estimate of drug-likeness (QED) is 0.0693. The van der Waals surface area contributed by atoms with E-state index in [1.54, 1.807) is 64.4 Å². The van der Waals surface area contributed by atoms with E-state index in [0.717, 1.165) is 64.0 Å². The number of fused-ring (bicyclic) bond motifs is 2. The van der Waals surface area contributed by atoms with E-state index in [1.165, 1.54) is 76.2 Å². The van der Waals surface area contributed by atoms with Crippen LogP contribution in [-0.2, 0) is 24.7 Å². The van der Waals surface area contributed by atoms with Gasteiger partial charge in [0.1, 0.15) is 88.5 Å². The summed E-state index contributed by atoms with van der Waals surface area (Å²) in [5.41, 5.74) is 9.51. The number of esters is 3. The first-order valence-electron chi connectivity index (χ1n) is 29.5. The molecule has 99 heavy (non-hydrogen) atoms. The summed E-state index contributed by atoms with van der Waals surface area (Å²) in [4.78, 5) is 185. The second kappa shape index (κ2) is 36.9. The zero-order valence-corrected chi connectivity index (χ0v) is 55.7. The number of carbonyl (C=O) groups is 6. The maximum absolute atomic E-state index is 12.9. The summed E-state index contributed by atoms with van der Waals surface area (Å²) in [6, 6.07) is 6.47. The molecule has 2 amide bonds. The molecule has 0 saturated heterocycles. The number of nitrogens with two attached hydrogens (primary N) is 2. The molecule has 38 nitrogen and oxygen atoms in total. The van der Waals surface area contributed by atoms with Crippen molar-refractivity contribution in [2.24, 2.45) is 5.73 Å². The number of nitrogens with zero attached hydrogens (tertiary/aromatic N) is 14. The van der Waals surface area contributed by atoms with Gasteiger partial charge in [-0.1, -0.05) is 12.8 Å². The van der Waals surface area contributed by atoms with Crippen molar-refractivity contribution in [1.29, 1.82) is 0 Å². The first-order valence-corrected chi connectivity index (χ1v) is 30.3. The molecule has 10 heterocycles. The first kappa shape index (κ1) is 75.4. The number of hydrogen-bond donors (Lipinski definition) is 10. The fourth-order valence-electron chi connectivity index (χ4n) is 8.99. The van der Waals surface area contributed by atoms with Gasteiger partial charge in [0, 0.05) is 37.6 Å². The SMILES string of the molecule is COC(=O)c1[nH]c(=O)c(Br)nc1C.COC(=O)c1[nH]c(=O)c(Nc2ccncn2)nc1C.COC(=O)c1[nH]c(=O)cnc1C.Cc1nc(Nc2ccncn2)c(=O)[nH]c1C(N)=O.Nc1ccncn1.O=C1CCCCC1.O=C1NC2(CCCCC2)n2c1ncc(Nc1ccncn1)c2=O. The van der Waals surface area contributed by atoms with Gasteiger partial charge in [-0.15, -0.1) is 0 Å². The van der Waals surface area contributed by atoms with Gasteiger partial charge < -0.3 is 66.9 Å². The highest BCUT2D eigenvalue weighted by atomic mass is 79.9. The van der Waals surface area contributed by atoms with Gasteiger partial charge in [-0.25, -0.2) is 74.2 Å². The van der Waals surface area contributed by atoms with Crippen LogP contribution in [0.15, 0.2) is 115 Å². The van der Waals surface area contributed by atoms with Crippen molar-refractivity contribution in [3.05, 3.63) is 195 Å². The molecule has 1 aliphatic heterocycles. The number of amides is 2. The molecule has 39 heteroatoms. The smallest absolute Gasteiger partial charge is 0.356 e. The van der Waals surface area contributed by atoms with E-state index >= 15 is 0 Å². The van der Waals surface area contributed by atoms with E-state index in [4.69, 9.17) is 11.5 Å². The molecule has 0 unspecified atom stereocenters. The van der Waals surface area contributed by atoms with Gasteiger partial charge >= 0.3 is 17.9 Å². The molecule has 12 N–H and O–H groups in total. The van der Waals surface area contributed by atoms with Crippen LogP contribution in [0, 0.1) is 27.7 Å². The Kier molecular flexibility index (Phi) is 28.1. The number of rotatable bonds is 10. The molecule has 9 aromatic rings. The minimum absolute atomic E-state index is 0.00626. The van der Waals surface area contributed by atoms with Crippen molar-refractivity contribution in [2.75, 3.05) is 43.0 Å². The summed E-state index contributed by atoms with van der Waals surface area (Å²) in [6.45, 7) is 6.38. The number of primary amides is 1. The van der Waals surface area contributed by atoms with E-state index < -0.39 is 51.7 Å². The monoisotopic (exact) mass is 1430 g/mol. The number of halogens is 1. The number of Topliss-reactive ketones (excluding diaryl/α,β-unsaturated/α-hetero) is 1. The number of hydrogen-bond acceptors (Lipinski definition) is 31. The van der Waals surface area contributed by atoms with Crippen LogP contribution in [0.3, 0.4) is 0 Å². The second-order valence-electron chi connectivity index (χ2n) is 20.7. The number of nitrogens with one attached hydrogen (secondary N) is 8. The van der Waals surface area contributed by atoms with Gasteiger partial charge in [0.25, 0.3) is 39.6 Å². The highest BCUT2D eigenvalue weighted by Crippen LogP contribution is 2.36. The predicted octanol–water partition coefficient (Wildman–Crippen LogP) is 3.32. The molecule has 1 spiro atoms. The Morgan fingerprint density at radius 3 is 1.40 bits per heavy atom. The van der Waals surface area contributed by atoms with Crippen LogP contribution in [-0.4, -0.2) is 146 Å². The van der Waals surface area contributed by atoms with E-state index in [-0.39, 0.29) is 56.3 Å². The number of H-pyrrole nitrogens is 4. The molecular weight excluding hydrogens is 1360 g/mol. The number of anilines is 7. The number of aromatic nitrogens is 18. The largest absolute Gasteiger partial charge is 0.464 e. The van der Waals surface area contributed by atoms with Crippen LogP contribution in [0.5, 0.6) is 0 Å². The number of aryl methyl sites for hydroxylation is 4.